The van der Waals surface area contributed by atoms with Crippen molar-refractivity contribution >= 4 is 21.7 Å². The highest BCUT2D eigenvalue weighted by Crippen LogP contribution is 2.20. The highest BCUT2D eigenvalue weighted by Gasteiger charge is 2.19. The van der Waals surface area contributed by atoms with E-state index in [0.29, 0.717) is 28.9 Å². The predicted octanol–water partition coefficient (Wildman–Crippen LogP) is 2.66. The molecule has 100 valence electrons. The van der Waals surface area contributed by atoms with Crippen LogP contribution in [0.1, 0.15) is 16.1 Å². The minimum absolute atomic E-state index is 0.278. The zero-order valence-corrected chi connectivity index (χ0v) is 11.9. The second-order valence-corrected chi connectivity index (χ2v) is 4.75. The van der Waals surface area contributed by atoms with Crippen LogP contribution < -0.4 is 0 Å². The number of methoxy groups -OCH3 is 1. The summed E-state index contributed by atoms with van der Waals surface area (Å²) in [5.41, 5.74) is 0.683. The van der Waals surface area contributed by atoms with Gasteiger partial charge in [-0.1, -0.05) is 12.1 Å². The van der Waals surface area contributed by atoms with Crippen molar-refractivity contribution in [1.82, 2.24) is 9.78 Å². The van der Waals surface area contributed by atoms with Crippen molar-refractivity contribution in [3.63, 3.8) is 0 Å². The highest BCUT2D eigenvalue weighted by molar-refractivity contribution is 9.10. The van der Waals surface area contributed by atoms with E-state index in [9.17, 15) is 9.18 Å². The lowest BCUT2D eigenvalue weighted by atomic mass is 10.1. The van der Waals surface area contributed by atoms with Crippen molar-refractivity contribution < 1.29 is 13.9 Å². The SMILES string of the molecule is COCCn1ncc(Br)c1C(=O)c1cccc(F)c1. The molecule has 0 fully saturated rings. The zero-order chi connectivity index (χ0) is 13.8. The number of carbonyl (C=O) groups is 1. The van der Waals surface area contributed by atoms with Crippen LogP contribution in [0.2, 0.25) is 0 Å². The smallest absolute Gasteiger partial charge is 0.212 e. The third kappa shape index (κ3) is 3.08. The molecule has 0 amide bonds. The Kier molecular flexibility index (Phi) is 4.44. The Morgan fingerprint density at radius 2 is 2.32 bits per heavy atom. The Balaban J connectivity index is 2.35. The molecule has 0 atom stereocenters. The number of nitrogens with zero attached hydrogens (tertiary/aromatic N) is 2. The van der Waals surface area contributed by atoms with Gasteiger partial charge in [-0.15, -0.1) is 0 Å². The maximum atomic E-state index is 13.2. The average Bonchev–Trinajstić information content (AvgIpc) is 2.76. The molecule has 1 heterocycles. The molecule has 1 aromatic carbocycles. The van der Waals surface area contributed by atoms with Crippen molar-refractivity contribution in [2.24, 2.45) is 0 Å². The van der Waals surface area contributed by atoms with Crippen molar-refractivity contribution in [2.75, 3.05) is 13.7 Å². The molecule has 2 rings (SSSR count). The minimum atomic E-state index is -0.440. The highest BCUT2D eigenvalue weighted by atomic mass is 79.9. The Labute approximate surface area is 118 Å². The molecular weight excluding hydrogens is 315 g/mol. The summed E-state index contributed by atoms with van der Waals surface area (Å²) >= 11 is 3.29. The average molecular weight is 327 g/mol. The molecule has 0 bridgehead atoms. The van der Waals surface area contributed by atoms with E-state index in [0.717, 1.165) is 0 Å². The van der Waals surface area contributed by atoms with Crippen LogP contribution in [0.5, 0.6) is 0 Å². The fraction of sp³-hybridized carbons (Fsp3) is 0.231. The number of rotatable bonds is 5. The van der Waals surface area contributed by atoms with E-state index in [1.54, 1.807) is 24.1 Å². The molecule has 0 unspecified atom stereocenters. The lowest BCUT2D eigenvalue weighted by Gasteiger charge is -2.07. The number of ketones is 1. The Morgan fingerprint density at radius 1 is 1.53 bits per heavy atom. The van der Waals surface area contributed by atoms with Crippen LogP contribution in [0, 0.1) is 5.82 Å². The van der Waals surface area contributed by atoms with Crippen LogP contribution in [0.25, 0.3) is 0 Å². The first kappa shape index (κ1) is 13.9. The summed E-state index contributed by atoms with van der Waals surface area (Å²) in [6, 6.07) is 5.59. The second-order valence-electron chi connectivity index (χ2n) is 3.90. The summed E-state index contributed by atoms with van der Waals surface area (Å²) in [6.45, 7) is 0.899. The van der Waals surface area contributed by atoms with Crippen LogP contribution in [-0.2, 0) is 11.3 Å². The molecule has 0 saturated heterocycles. The van der Waals surface area contributed by atoms with Gasteiger partial charge in [0.2, 0.25) is 5.78 Å². The van der Waals surface area contributed by atoms with Gasteiger partial charge in [-0.2, -0.15) is 5.10 Å². The normalized spacial score (nSPS) is 10.7. The summed E-state index contributed by atoms with van der Waals surface area (Å²) in [5.74, 6) is -0.718. The number of ether oxygens (including phenoxy) is 1. The third-order valence-corrected chi connectivity index (χ3v) is 3.18. The van der Waals surface area contributed by atoms with Crippen LogP contribution >= 0.6 is 15.9 Å². The molecular formula is C13H12BrFN2O2. The zero-order valence-electron chi connectivity index (χ0n) is 10.3. The van der Waals surface area contributed by atoms with Gasteiger partial charge in [-0.05, 0) is 28.1 Å². The number of benzene rings is 1. The van der Waals surface area contributed by atoms with Gasteiger partial charge in [-0.3, -0.25) is 9.48 Å². The van der Waals surface area contributed by atoms with Crippen molar-refractivity contribution in [3.8, 4) is 0 Å². The molecule has 4 nitrogen and oxygen atoms in total. The molecule has 19 heavy (non-hydrogen) atoms. The van der Waals surface area contributed by atoms with Crippen LogP contribution in [0.4, 0.5) is 4.39 Å². The molecule has 0 radical (unpaired) electrons. The largest absolute Gasteiger partial charge is 0.383 e. The van der Waals surface area contributed by atoms with Gasteiger partial charge in [0.15, 0.2) is 0 Å². The molecule has 0 spiro atoms. The van der Waals surface area contributed by atoms with Gasteiger partial charge in [0.25, 0.3) is 0 Å². The summed E-state index contributed by atoms with van der Waals surface area (Å²) in [6.07, 6.45) is 1.54. The molecule has 6 heteroatoms. The van der Waals surface area contributed by atoms with E-state index in [-0.39, 0.29) is 5.78 Å². The van der Waals surface area contributed by atoms with Gasteiger partial charge >= 0.3 is 0 Å². The maximum Gasteiger partial charge on any atom is 0.212 e. The number of carbonyl (C=O) groups excluding carboxylic acids is 1. The van der Waals surface area contributed by atoms with E-state index in [4.69, 9.17) is 4.74 Å². The lowest BCUT2D eigenvalue weighted by Crippen LogP contribution is -2.15. The van der Waals surface area contributed by atoms with E-state index in [1.807, 2.05) is 0 Å². The molecule has 0 aliphatic rings. The Bertz CT molecular complexity index is 598. The topological polar surface area (TPSA) is 44.1 Å². The molecule has 0 N–H and O–H groups in total. The quantitative estimate of drug-likeness (QED) is 0.793. The summed E-state index contributed by atoms with van der Waals surface area (Å²) in [5, 5.41) is 4.10. The first-order valence-electron chi connectivity index (χ1n) is 5.64. The van der Waals surface area contributed by atoms with Gasteiger partial charge < -0.3 is 4.74 Å². The summed E-state index contributed by atoms with van der Waals surface area (Å²) in [7, 11) is 1.58. The molecule has 0 saturated carbocycles. The number of hydrogen-bond donors (Lipinski definition) is 0. The van der Waals surface area contributed by atoms with Gasteiger partial charge in [0.05, 0.1) is 23.8 Å². The van der Waals surface area contributed by atoms with E-state index in [1.165, 1.54) is 18.2 Å². The molecule has 0 aliphatic carbocycles. The molecule has 0 aliphatic heterocycles. The summed E-state index contributed by atoms with van der Waals surface area (Å²) in [4.78, 5) is 12.4. The first-order valence-corrected chi connectivity index (χ1v) is 6.43. The number of aromatic nitrogens is 2. The van der Waals surface area contributed by atoms with Crippen LogP contribution in [-0.4, -0.2) is 29.3 Å². The minimum Gasteiger partial charge on any atom is -0.383 e. The monoisotopic (exact) mass is 326 g/mol. The van der Waals surface area contributed by atoms with Gasteiger partial charge in [-0.25, -0.2) is 4.39 Å². The third-order valence-electron chi connectivity index (χ3n) is 2.60. The fourth-order valence-electron chi connectivity index (χ4n) is 1.70. The first-order chi connectivity index (χ1) is 9.13. The van der Waals surface area contributed by atoms with Gasteiger partial charge in [0, 0.05) is 12.7 Å². The van der Waals surface area contributed by atoms with E-state index < -0.39 is 5.82 Å². The maximum absolute atomic E-state index is 13.2. The standard InChI is InChI=1S/C13H12BrFN2O2/c1-19-6-5-17-12(11(14)8-16-17)13(18)9-3-2-4-10(15)7-9/h2-4,7-8H,5-6H2,1H3. The van der Waals surface area contributed by atoms with Gasteiger partial charge in [0.1, 0.15) is 11.5 Å². The van der Waals surface area contributed by atoms with Crippen LogP contribution in [0.3, 0.4) is 0 Å². The molecule has 1 aromatic heterocycles. The van der Waals surface area contributed by atoms with E-state index >= 15 is 0 Å². The van der Waals surface area contributed by atoms with Crippen molar-refractivity contribution in [2.45, 2.75) is 6.54 Å². The number of halogens is 2. The number of hydrogen-bond acceptors (Lipinski definition) is 3. The van der Waals surface area contributed by atoms with Crippen molar-refractivity contribution in [1.29, 1.82) is 0 Å². The Morgan fingerprint density at radius 3 is 3.00 bits per heavy atom. The lowest BCUT2D eigenvalue weighted by molar-refractivity contribution is 0.102. The van der Waals surface area contributed by atoms with Crippen molar-refractivity contribution in [3.05, 3.63) is 52.0 Å². The van der Waals surface area contributed by atoms with Crippen LogP contribution in [0.15, 0.2) is 34.9 Å². The van der Waals surface area contributed by atoms with E-state index in [2.05, 4.69) is 21.0 Å². The molecule has 2 aromatic rings. The second kappa shape index (κ2) is 6.08. The summed E-state index contributed by atoms with van der Waals surface area (Å²) < 4.78 is 20.3. The Hall–Kier alpha value is -1.53. The fourth-order valence-corrected chi connectivity index (χ4v) is 2.18. The predicted molar refractivity (Wildman–Crippen MR) is 71.6 cm³/mol.